The lowest BCUT2D eigenvalue weighted by atomic mass is 9.98. The lowest BCUT2D eigenvalue weighted by Crippen LogP contribution is -2.41. The van der Waals surface area contributed by atoms with Gasteiger partial charge in [-0.15, -0.1) is 0 Å². The van der Waals surface area contributed by atoms with Crippen molar-refractivity contribution in [3.05, 3.63) is 0 Å². The van der Waals surface area contributed by atoms with Gasteiger partial charge in [0.1, 0.15) is 0 Å². The Labute approximate surface area is 98.8 Å². The summed E-state index contributed by atoms with van der Waals surface area (Å²) in [5.74, 6) is 1.81. The Balaban J connectivity index is 1.79. The van der Waals surface area contributed by atoms with E-state index in [1.54, 1.807) is 0 Å². The van der Waals surface area contributed by atoms with E-state index in [1.165, 1.54) is 32.1 Å². The lowest BCUT2D eigenvalue weighted by molar-refractivity contribution is 0.321. The molecule has 1 N–H and O–H groups in total. The minimum Gasteiger partial charge on any atom is -0.311 e. The molecule has 15 heavy (non-hydrogen) atoms. The highest BCUT2D eigenvalue weighted by molar-refractivity contribution is 7.99. The van der Waals surface area contributed by atoms with Crippen molar-refractivity contribution in [3.8, 4) is 0 Å². The molecule has 0 aromatic rings. The first-order chi connectivity index (χ1) is 7.20. The van der Waals surface area contributed by atoms with Gasteiger partial charge in [0, 0.05) is 17.3 Å². The molecular weight excluding hydrogens is 202 g/mol. The van der Waals surface area contributed by atoms with E-state index in [1.807, 2.05) is 0 Å². The predicted octanol–water partition coefficient (Wildman–Crippen LogP) is 3.29. The van der Waals surface area contributed by atoms with Gasteiger partial charge >= 0.3 is 0 Å². The van der Waals surface area contributed by atoms with Crippen LogP contribution in [0.2, 0.25) is 0 Å². The van der Waals surface area contributed by atoms with Crippen LogP contribution in [0.3, 0.4) is 0 Å². The van der Waals surface area contributed by atoms with Crippen molar-refractivity contribution in [1.82, 2.24) is 5.32 Å². The molecule has 2 aliphatic rings. The maximum absolute atomic E-state index is 3.93. The van der Waals surface area contributed by atoms with Crippen LogP contribution in [0, 0.1) is 11.8 Å². The first kappa shape index (κ1) is 11.8. The zero-order valence-electron chi connectivity index (χ0n) is 10.3. The average Bonchev–Trinajstić information content (AvgIpc) is 2.94. The Morgan fingerprint density at radius 1 is 1.13 bits per heavy atom. The molecule has 2 saturated carbocycles. The number of hydrogen-bond donors (Lipinski definition) is 1. The van der Waals surface area contributed by atoms with Gasteiger partial charge in [-0.3, -0.25) is 0 Å². The first-order valence-electron chi connectivity index (χ1n) is 6.49. The third kappa shape index (κ3) is 3.13. The van der Waals surface area contributed by atoms with E-state index in [2.05, 4.69) is 37.2 Å². The van der Waals surface area contributed by atoms with E-state index >= 15 is 0 Å². The summed E-state index contributed by atoms with van der Waals surface area (Å²) in [4.78, 5) is 0. The Bertz CT molecular complexity index is 199. The van der Waals surface area contributed by atoms with Crippen molar-refractivity contribution in [2.24, 2.45) is 11.8 Å². The van der Waals surface area contributed by atoms with Crippen LogP contribution in [-0.2, 0) is 0 Å². The monoisotopic (exact) mass is 227 g/mol. The van der Waals surface area contributed by atoms with Gasteiger partial charge in [-0.25, -0.2) is 0 Å². The summed E-state index contributed by atoms with van der Waals surface area (Å²) < 4.78 is 0. The quantitative estimate of drug-likeness (QED) is 0.773. The lowest BCUT2D eigenvalue weighted by Gasteiger charge is -2.26. The molecule has 0 heterocycles. The van der Waals surface area contributed by atoms with Crippen LogP contribution in [0.25, 0.3) is 0 Å². The molecule has 0 radical (unpaired) electrons. The van der Waals surface area contributed by atoms with Crippen LogP contribution >= 0.6 is 11.8 Å². The van der Waals surface area contributed by atoms with Gasteiger partial charge in [-0.2, -0.15) is 11.8 Å². The second-order valence-electron chi connectivity index (χ2n) is 5.64. The van der Waals surface area contributed by atoms with E-state index in [0.29, 0.717) is 0 Å². The topological polar surface area (TPSA) is 12.0 Å². The summed E-state index contributed by atoms with van der Waals surface area (Å²) in [6, 6.07) is 1.62. The molecule has 88 valence electrons. The highest BCUT2D eigenvalue weighted by Gasteiger charge is 2.35. The van der Waals surface area contributed by atoms with Gasteiger partial charge in [0.05, 0.1) is 0 Å². The molecule has 0 saturated heterocycles. The van der Waals surface area contributed by atoms with Crippen LogP contribution < -0.4 is 5.32 Å². The number of hydrogen-bond acceptors (Lipinski definition) is 2. The number of rotatable bonds is 5. The van der Waals surface area contributed by atoms with E-state index < -0.39 is 0 Å². The molecule has 2 rings (SSSR count). The SMILES string of the molecule is CSC1CCC(NC(C(C)C)C2CC2)C1. The maximum atomic E-state index is 3.93. The minimum atomic E-state index is 0.801. The van der Waals surface area contributed by atoms with E-state index in [-0.39, 0.29) is 0 Å². The fraction of sp³-hybridized carbons (Fsp3) is 1.00. The summed E-state index contributed by atoms with van der Waals surface area (Å²) >= 11 is 2.06. The Hall–Kier alpha value is 0.310. The summed E-state index contributed by atoms with van der Waals surface area (Å²) in [5.41, 5.74) is 0. The standard InChI is InChI=1S/C13H25NS/c1-9(2)13(10-4-5-10)14-11-6-7-12(8-11)15-3/h9-14H,4-8H2,1-3H3. The van der Waals surface area contributed by atoms with E-state index in [0.717, 1.165) is 29.2 Å². The van der Waals surface area contributed by atoms with Crippen LogP contribution in [0.1, 0.15) is 46.0 Å². The Kier molecular flexibility index (Phi) is 4.00. The molecule has 3 atom stereocenters. The molecule has 2 aliphatic carbocycles. The molecule has 3 unspecified atom stereocenters. The fourth-order valence-electron chi connectivity index (χ4n) is 2.91. The fourth-order valence-corrected chi connectivity index (χ4v) is 3.70. The van der Waals surface area contributed by atoms with Crippen molar-refractivity contribution in [1.29, 1.82) is 0 Å². The molecule has 1 nitrogen and oxygen atoms in total. The zero-order valence-corrected chi connectivity index (χ0v) is 11.1. The zero-order chi connectivity index (χ0) is 10.8. The van der Waals surface area contributed by atoms with Crippen molar-refractivity contribution < 1.29 is 0 Å². The molecule has 0 amide bonds. The summed E-state index contributed by atoms with van der Waals surface area (Å²) in [7, 11) is 0. The number of thioether (sulfide) groups is 1. The third-order valence-electron chi connectivity index (χ3n) is 3.99. The Morgan fingerprint density at radius 2 is 1.87 bits per heavy atom. The average molecular weight is 227 g/mol. The smallest absolute Gasteiger partial charge is 0.0121 e. The van der Waals surface area contributed by atoms with Gasteiger partial charge in [-0.1, -0.05) is 13.8 Å². The van der Waals surface area contributed by atoms with Crippen molar-refractivity contribution in [2.75, 3.05) is 6.26 Å². The predicted molar refractivity (Wildman–Crippen MR) is 69.4 cm³/mol. The highest BCUT2D eigenvalue weighted by Crippen LogP contribution is 2.37. The largest absolute Gasteiger partial charge is 0.311 e. The van der Waals surface area contributed by atoms with Crippen LogP contribution in [0.4, 0.5) is 0 Å². The maximum Gasteiger partial charge on any atom is 0.0121 e. The minimum absolute atomic E-state index is 0.801. The molecular formula is C13H25NS. The molecule has 2 fully saturated rings. The second-order valence-corrected chi connectivity index (χ2v) is 6.78. The number of nitrogens with one attached hydrogen (secondary N) is 1. The van der Waals surface area contributed by atoms with Crippen LogP contribution in [-0.4, -0.2) is 23.6 Å². The first-order valence-corrected chi connectivity index (χ1v) is 7.78. The summed E-state index contributed by atoms with van der Waals surface area (Å²) in [6.07, 6.45) is 9.42. The van der Waals surface area contributed by atoms with Crippen LogP contribution in [0.15, 0.2) is 0 Å². The van der Waals surface area contributed by atoms with E-state index in [9.17, 15) is 0 Å². The molecule has 0 aromatic carbocycles. The van der Waals surface area contributed by atoms with Gasteiger partial charge in [-0.05, 0) is 50.2 Å². The van der Waals surface area contributed by atoms with Crippen LogP contribution in [0.5, 0.6) is 0 Å². The molecule has 0 bridgehead atoms. The van der Waals surface area contributed by atoms with Crippen molar-refractivity contribution >= 4 is 11.8 Å². The second kappa shape index (κ2) is 5.09. The molecule has 0 spiro atoms. The van der Waals surface area contributed by atoms with Crippen molar-refractivity contribution in [2.45, 2.75) is 63.3 Å². The molecule has 0 aliphatic heterocycles. The molecule has 0 aromatic heterocycles. The third-order valence-corrected chi connectivity index (χ3v) is 5.09. The molecule has 2 heteroatoms. The van der Waals surface area contributed by atoms with Gasteiger partial charge in [0.2, 0.25) is 0 Å². The highest BCUT2D eigenvalue weighted by atomic mass is 32.2. The normalized spacial score (nSPS) is 33.6. The van der Waals surface area contributed by atoms with E-state index in [4.69, 9.17) is 0 Å². The van der Waals surface area contributed by atoms with Crippen molar-refractivity contribution in [3.63, 3.8) is 0 Å². The van der Waals surface area contributed by atoms with Gasteiger partial charge < -0.3 is 5.32 Å². The Morgan fingerprint density at radius 3 is 2.33 bits per heavy atom. The summed E-state index contributed by atoms with van der Waals surface area (Å²) in [5, 5.41) is 4.85. The summed E-state index contributed by atoms with van der Waals surface area (Å²) in [6.45, 7) is 4.74. The van der Waals surface area contributed by atoms with Gasteiger partial charge in [0.15, 0.2) is 0 Å². The van der Waals surface area contributed by atoms with Gasteiger partial charge in [0.25, 0.3) is 0 Å².